The van der Waals surface area contributed by atoms with Gasteiger partial charge >= 0.3 is 11.9 Å². The second-order valence-electron chi connectivity index (χ2n) is 2.22. The Morgan fingerprint density at radius 2 is 2.08 bits per heavy atom. The summed E-state index contributed by atoms with van der Waals surface area (Å²) >= 11 is 0. The largest absolute Gasteiger partial charge is 0.479 e. The number of carbonyl (C=O) groups excluding carboxylic acids is 1. The number of carboxylic acid groups (broad SMARTS) is 1. The van der Waals surface area contributed by atoms with Crippen LogP contribution in [0.2, 0.25) is 0 Å². The lowest BCUT2D eigenvalue weighted by molar-refractivity contribution is -0.163. The third-order valence-corrected chi connectivity index (χ3v) is 1.17. The van der Waals surface area contributed by atoms with Gasteiger partial charge in [0.2, 0.25) is 6.10 Å². The highest BCUT2D eigenvalue weighted by Crippen LogP contribution is 1.99. The zero-order valence-electron chi connectivity index (χ0n) is 7.07. The van der Waals surface area contributed by atoms with Gasteiger partial charge in [0.25, 0.3) is 0 Å². The zero-order valence-corrected chi connectivity index (χ0v) is 7.07. The number of carbonyl (C=O) groups is 2. The van der Waals surface area contributed by atoms with Crippen molar-refractivity contribution in [3.8, 4) is 0 Å². The van der Waals surface area contributed by atoms with E-state index in [9.17, 15) is 9.59 Å². The van der Waals surface area contributed by atoms with Gasteiger partial charge in [0.1, 0.15) is 0 Å². The molecule has 0 fully saturated rings. The van der Waals surface area contributed by atoms with Gasteiger partial charge < -0.3 is 14.6 Å². The van der Waals surface area contributed by atoms with Crippen molar-refractivity contribution in [1.82, 2.24) is 0 Å². The molecule has 1 atom stereocenters. The fraction of sp³-hybridized carbons (Fsp3) is 0.714. The van der Waals surface area contributed by atoms with E-state index in [4.69, 9.17) is 5.11 Å². The Kier molecular flexibility index (Phi) is 5.03. The van der Waals surface area contributed by atoms with Crippen molar-refractivity contribution in [3.63, 3.8) is 0 Å². The van der Waals surface area contributed by atoms with Gasteiger partial charge in [-0.1, -0.05) is 0 Å². The van der Waals surface area contributed by atoms with Gasteiger partial charge in [-0.05, 0) is 0 Å². The molecule has 0 aromatic rings. The highest BCUT2D eigenvalue weighted by molar-refractivity contribution is 5.76. The van der Waals surface area contributed by atoms with Crippen molar-refractivity contribution in [2.24, 2.45) is 0 Å². The smallest absolute Gasteiger partial charge is 0.345 e. The Morgan fingerprint density at radius 1 is 1.50 bits per heavy atom. The first kappa shape index (κ1) is 10.9. The summed E-state index contributed by atoms with van der Waals surface area (Å²) in [4.78, 5) is 20.8. The molecule has 0 heterocycles. The molecule has 0 radical (unpaired) electrons. The van der Waals surface area contributed by atoms with Crippen LogP contribution in [-0.4, -0.2) is 36.9 Å². The predicted octanol–water partition coefficient (Wildman–Crippen LogP) is 0.0392. The molecule has 5 nitrogen and oxygen atoms in total. The fourth-order valence-corrected chi connectivity index (χ4v) is 0.658. The summed E-state index contributed by atoms with van der Waals surface area (Å²) in [6, 6.07) is 0. The molecule has 1 N–H and O–H groups in total. The molecule has 0 spiro atoms. The van der Waals surface area contributed by atoms with Crippen molar-refractivity contribution in [1.29, 1.82) is 0 Å². The average molecular weight is 176 g/mol. The van der Waals surface area contributed by atoms with E-state index in [2.05, 4.69) is 9.47 Å². The SMILES string of the molecule is COCCC(OC(C)=O)C(=O)O. The van der Waals surface area contributed by atoms with Crippen molar-refractivity contribution in [2.75, 3.05) is 13.7 Å². The topological polar surface area (TPSA) is 72.8 Å². The Morgan fingerprint density at radius 3 is 2.42 bits per heavy atom. The normalized spacial score (nSPS) is 12.2. The Labute approximate surface area is 70.3 Å². The molecule has 0 saturated carbocycles. The standard InChI is InChI=1S/C7H12O5/c1-5(8)12-6(7(9)10)3-4-11-2/h6H,3-4H2,1-2H3,(H,9,10). The third-order valence-electron chi connectivity index (χ3n) is 1.17. The number of aliphatic carboxylic acids is 1. The van der Waals surface area contributed by atoms with Crippen LogP contribution < -0.4 is 0 Å². The van der Waals surface area contributed by atoms with Crippen molar-refractivity contribution in [3.05, 3.63) is 0 Å². The molecule has 0 saturated heterocycles. The van der Waals surface area contributed by atoms with Crippen LogP contribution in [0.3, 0.4) is 0 Å². The van der Waals surface area contributed by atoms with Crippen LogP contribution in [0, 0.1) is 0 Å². The van der Waals surface area contributed by atoms with E-state index < -0.39 is 18.0 Å². The predicted molar refractivity (Wildman–Crippen MR) is 39.7 cm³/mol. The van der Waals surface area contributed by atoms with Crippen LogP contribution >= 0.6 is 0 Å². The molecule has 0 aliphatic heterocycles. The fourth-order valence-electron chi connectivity index (χ4n) is 0.658. The van der Waals surface area contributed by atoms with Crippen LogP contribution in [0.4, 0.5) is 0 Å². The van der Waals surface area contributed by atoms with Gasteiger partial charge in [-0.25, -0.2) is 4.79 Å². The first-order valence-corrected chi connectivity index (χ1v) is 3.47. The number of rotatable bonds is 5. The summed E-state index contributed by atoms with van der Waals surface area (Å²) in [6.45, 7) is 1.42. The van der Waals surface area contributed by atoms with Gasteiger partial charge in [0, 0.05) is 20.5 Å². The van der Waals surface area contributed by atoms with E-state index in [-0.39, 0.29) is 13.0 Å². The summed E-state index contributed by atoms with van der Waals surface area (Å²) in [5.41, 5.74) is 0. The van der Waals surface area contributed by atoms with Gasteiger partial charge in [-0.15, -0.1) is 0 Å². The number of carboxylic acids is 1. The minimum atomic E-state index is -1.15. The molecule has 0 aliphatic rings. The molecule has 0 aromatic carbocycles. The number of methoxy groups -OCH3 is 1. The molecule has 0 aliphatic carbocycles. The van der Waals surface area contributed by atoms with Crippen molar-refractivity contribution >= 4 is 11.9 Å². The lowest BCUT2D eigenvalue weighted by atomic mass is 10.3. The molecular weight excluding hydrogens is 164 g/mol. The first-order valence-electron chi connectivity index (χ1n) is 3.47. The molecule has 5 heteroatoms. The summed E-state index contributed by atoms with van der Waals surface area (Å²) in [5, 5.41) is 8.52. The van der Waals surface area contributed by atoms with E-state index in [1.807, 2.05) is 0 Å². The molecule has 70 valence electrons. The quantitative estimate of drug-likeness (QED) is 0.598. The van der Waals surface area contributed by atoms with Crippen LogP contribution in [0.5, 0.6) is 0 Å². The number of ether oxygens (including phenoxy) is 2. The molecule has 0 rings (SSSR count). The monoisotopic (exact) mass is 176 g/mol. The van der Waals surface area contributed by atoms with E-state index in [1.54, 1.807) is 0 Å². The highest BCUT2D eigenvalue weighted by atomic mass is 16.6. The van der Waals surface area contributed by atoms with E-state index in [0.29, 0.717) is 0 Å². The minimum Gasteiger partial charge on any atom is -0.479 e. The summed E-state index contributed by atoms with van der Waals surface area (Å²) in [7, 11) is 1.45. The van der Waals surface area contributed by atoms with Crippen LogP contribution in [0.1, 0.15) is 13.3 Å². The number of esters is 1. The molecule has 0 amide bonds. The van der Waals surface area contributed by atoms with Gasteiger partial charge in [-0.2, -0.15) is 0 Å². The number of hydrogen-bond acceptors (Lipinski definition) is 4. The lowest BCUT2D eigenvalue weighted by Gasteiger charge is -2.10. The first-order chi connectivity index (χ1) is 5.57. The van der Waals surface area contributed by atoms with Crippen LogP contribution in [0.15, 0.2) is 0 Å². The minimum absolute atomic E-state index is 0.172. The maximum atomic E-state index is 10.4. The van der Waals surface area contributed by atoms with E-state index >= 15 is 0 Å². The second-order valence-corrected chi connectivity index (χ2v) is 2.22. The van der Waals surface area contributed by atoms with Gasteiger partial charge in [-0.3, -0.25) is 4.79 Å². The molecule has 1 unspecified atom stereocenters. The zero-order chi connectivity index (χ0) is 9.56. The Hall–Kier alpha value is -1.10. The van der Waals surface area contributed by atoms with Crippen molar-refractivity contribution < 1.29 is 24.2 Å². The summed E-state index contributed by atoms with van der Waals surface area (Å²) in [5.74, 6) is -1.75. The van der Waals surface area contributed by atoms with E-state index in [0.717, 1.165) is 0 Å². The summed E-state index contributed by atoms with van der Waals surface area (Å²) < 4.78 is 9.14. The molecule has 0 bridgehead atoms. The van der Waals surface area contributed by atoms with Crippen molar-refractivity contribution in [2.45, 2.75) is 19.4 Å². The molecular formula is C7H12O5. The van der Waals surface area contributed by atoms with Crippen LogP contribution in [-0.2, 0) is 19.1 Å². The molecule has 12 heavy (non-hydrogen) atoms. The maximum Gasteiger partial charge on any atom is 0.345 e. The third kappa shape index (κ3) is 4.68. The second kappa shape index (κ2) is 5.54. The lowest BCUT2D eigenvalue weighted by Crippen LogP contribution is -2.27. The molecule has 0 aromatic heterocycles. The maximum absolute atomic E-state index is 10.4. The summed E-state index contributed by atoms with van der Waals surface area (Å²) in [6.07, 6.45) is -0.923. The van der Waals surface area contributed by atoms with Crippen LogP contribution in [0.25, 0.3) is 0 Å². The Bertz CT molecular complexity index is 165. The average Bonchev–Trinajstić information content (AvgIpc) is 1.96. The highest BCUT2D eigenvalue weighted by Gasteiger charge is 2.19. The van der Waals surface area contributed by atoms with E-state index in [1.165, 1.54) is 14.0 Å². The van der Waals surface area contributed by atoms with Gasteiger partial charge in [0.05, 0.1) is 6.61 Å². The van der Waals surface area contributed by atoms with Gasteiger partial charge in [0.15, 0.2) is 0 Å². The Balaban J connectivity index is 3.87. The number of hydrogen-bond donors (Lipinski definition) is 1.